The van der Waals surface area contributed by atoms with Crippen LogP contribution in [0, 0.1) is 0 Å². The predicted molar refractivity (Wildman–Crippen MR) is 36.3 cm³/mol. The molecule has 0 fully saturated rings. The largest absolute Gasteiger partial charge is 0.476 e. The number of hydrogen-bond acceptors (Lipinski definition) is 3. The lowest BCUT2D eigenvalue weighted by Gasteiger charge is -2.26. The van der Waals surface area contributed by atoms with E-state index in [0.717, 1.165) is 0 Å². The van der Waals surface area contributed by atoms with Crippen LogP contribution in [-0.4, -0.2) is 22.8 Å². The first-order chi connectivity index (χ1) is 4.54. The summed E-state index contributed by atoms with van der Waals surface area (Å²) in [5, 5.41) is 8.87. The zero-order chi connectivity index (χ0) is 7.78. The van der Waals surface area contributed by atoms with Crippen molar-refractivity contribution in [1.82, 2.24) is 5.59 Å². The summed E-state index contributed by atoms with van der Waals surface area (Å²) in [6, 6.07) is 0.338. The summed E-state index contributed by atoms with van der Waals surface area (Å²) in [7, 11) is 1.91. The van der Waals surface area contributed by atoms with Gasteiger partial charge in [0.25, 0.3) is 0 Å². The van der Waals surface area contributed by atoms with E-state index < -0.39 is 0 Å². The molecule has 0 aromatic rings. The van der Waals surface area contributed by atoms with Crippen LogP contribution >= 0.6 is 0 Å². The van der Waals surface area contributed by atoms with Crippen molar-refractivity contribution >= 4 is 0 Å². The second-order valence-corrected chi connectivity index (χ2v) is 2.90. The standard InChI is InChI=1S/C6H12N2O2/c1-5(2)8(3)4-6(9)10-7-8/h4-5,7H,1-3H3/p+1. The minimum absolute atomic E-state index is 0.0591. The molecule has 4 nitrogen and oxygen atoms in total. The van der Waals surface area contributed by atoms with Gasteiger partial charge in [0.1, 0.15) is 6.04 Å². The second-order valence-electron chi connectivity index (χ2n) is 2.90. The molecule has 1 atom stereocenters. The van der Waals surface area contributed by atoms with E-state index in [9.17, 15) is 0 Å². The third kappa shape index (κ3) is 1.08. The Bertz CT molecular complexity index is 167. The Morgan fingerprint density at radius 2 is 2.30 bits per heavy atom. The molecular weight excluding hydrogens is 132 g/mol. The van der Waals surface area contributed by atoms with Crippen LogP contribution in [0.25, 0.3) is 0 Å². The number of rotatable bonds is 1. The zero-order valence-corrected chi connectivity index (χ0v) is 6.46. The lowest BCUT2D eigenvalue weighted by Crippen LogP contribution is -2.51. The van der Waals surface area contributed by atoms with Crippen molar-refractivity contribution in [1.29, 1.82) is 0 Å². The highest BCUT2D eigenvalue weighted by atomic mass is 16.8. The number of nitrogens with one attached hydrogen (secondary N) is 1. The average Bonchev–Trinajstić information content (AvgIpc) is 2.13. The third-order valence-corrected chi connectivity index (χ3v) is 1.80. The van der Waals surface area contributed by atoms with Gasteiger partial charge >= 0.3 is 5.95 Å². The lowest BCUT2D eigenvalue weighted by atomic mass is 10.3. The maximum Gasteiger partial charge on any atom is 0.359 e. The maximum atomic E-state index is 8.87. The van der Waals surface area contributed by atoms with Gasteiger partial charge in [-0.05, 0) is 13.8 Å². The molecular formula is C6H13N2O2+. The molecule has 0 saturated carbocycles. The van der Waals surface area contributed by atoms with Crippen LogP contribution in [0.5, 0.6) is 0 Å². The molecule has 0 spiro atoms. The van der Waals surface area contributed by atoms with E-state index in [4.69, 9.17) is 5.11 Å². The van der Waals surface area contributed by atoms with Gasteiger partial charge in [-0.2, -0.15) is 4.59 Å². The van der Waals surface area contributed by atoms with E-state index >= 15 is 0 Å². The molecule has 0 aromatic carbocycles. The van der Waals surface area contributed by atoms with Crippen LogP contribution in [0.1, 0.15) is 13.8 Å². The second kappa shape index (κ2) is 2.14. The first-order valence-corrected chi connectivity index (χ1v) is 3.26. The number of aliphatic hydroxyl groups excluding tert-OH is 1. The van der Waals surface area contributed by atoms with Gasteiger partial charge in [0.2, 0.25) is 6.20 Å². The van der Waals surface area contributed by atoms with Crippen LogP contribution in [0.2, 0.25) is 0 Å². The Balaban J connectivity index is 2.72. The molecule has 58 valence electrons. The van der Waals surface area contributed by atoms with Gasteiger partial charge in [0, 0.05) is 5.59 Å². The van der Waals surface area contributed by atoms with E-state index in [1.807, 2.05) is 20.9 Å². The van der Waals surface area contributed by atoms with Gasteiger partial charge in [-0.3, -0.25) is 0 Å². The summed E-state index contributed by atoms with van der Waals surface area (Å²) in [5.41, 5.74) is 2.68. The van der Waals surface area contributed by atoms with E-state index in [1.165, 1.54) is 0 Å². The van der Waals surface area contributed by atoms with Crippen molar-refractivity contribution in [2.24, 2.45) is 0 Å². The van der Waals surface area contributed by atoms with Gasteiger partial charge < -0.3 is 9.94 Å². The molecule has 1 rings (SSSR count). The molecule has 0 amide bonds. The summed E-state index contributed by atoms with van der Waals surface area (Å²) >= 11 is 0. The summed E-state index contributed by atoms with van der Waals surface area (Å²) < 4.78 is 0.409. The highest BCUT2D eigenvalue weighted by Crippen LogP contribution is 2.14. The van der Waals surface area contributed by atoms with E-state index in [2.05, 4.69) is 10.4 Å². The van der Waals surface area contributed by atoms with E-state index in [0.29, 0.717) is 10.6 Å². The van der Waals surface area contributed by atoms with Crippen LogP contribution < -0.4 is 5.59 Å². The molecule has 0 aromatic heterocycles. The molecule has 1 aliphatic heterocycles. The summed E-state index contributed by atoms with van der Waals surface area (Å²) in [4.78, 5) is 4.67. The van der Waals surface area contributed by atoms with Gasteiger partial charge in [-0.15, -0.1) is 0 Å². The quantitative estimate of drug-likeness (QED) is 0.532. The van der Waals surface area contributed by atoms with Crippen molar-refractivity contribution in [3.63, 3.8) is 0 Å². The molecule has 4 heteroatoms. The molecule has 10 heavy (non-hydrogen) atoms. The Morgan fingerprint density at radius 1 is 1.70 bits per heavy atom. The number of hydrogen-bond donors (Lipinski definition) is 2. The summed E-state index contributed by atoms with van der Waals surface area (Å²) in [5.74, 6) is -0.0591. The number of quaternary nitrogens is 1. The van der Waals surface area contributed by atoms with Crippen molar-refractivity contribution < 1.29 is 14.5 Å². The molecule has 1 aliphatic rings. The monoisotopic (exact) mass is 145 g/mol. The van der Waals surface area contributed by atoms with Crippen LogP contribution in [0.4, 0.5) is 0 Å². The molecule has 1 heterocycles. The fourth-order valence-corrected chi connectivity index (χ4v) is 0.682. The fraction of sp³-hybridized carbons (Fsp3) is 0.667. The molecule has 0 radical (unpaired) electrons. The normalized spacial score (nSPS) is 32.2. The van der Waals surface area contributed by atoms with Gasteiger partial charge in [0.05, 0.1) is 7.05 Å². The van der Waals surface area contributed by atoms with Crippen LogP contribution in [0.15, 0.2) is 12.1 Å². The fourth-order valence-electron chi connectivity index (χ4n) is 0.682. The SMILES string of the molecule is CC(C)[N+]1(C)C=C(O)ON1. The van der Waals surface area contributed by atoms with Crippen molar-refractivity contribution in [3.8, 4) is 0 Å². The Labute approximate surface area is 60.2 Å². The smallest absolute Gasteiger partial charge is 0.359 e. The highest BCUT2D eigenvalue weighted by molar-refractivity contribution is 4.75. The maximum absolute atomic E-state index is 8.87. The zero-order valence-electron chi connectivity index (χ0n) is 6.46. The average molecular weight is 145 g/mol. The predicted octanol–water partition coefficient (Wildman–Crippen LogP) is 0.648. The highest BCUT2D eigenvalue weighted by Gasteiger charge is 2.32. The van der Waals surface area contributed by atoms with Crippen molar-refractivity contribution in [2.75, 3.05) is 7.05 Å². The molecule has 1 unspecified atom stereocenters. The van der Waals surface area contributed by atoms with E-state index in [-0.39, 0.29) is 5.95 Å². The molecule has 0 aliphatic carbocycles. The van der Waals surface area contributed by atoms with Gasteiger partial charge in [0.15, 0.2) is 0 Å². The first kappa shape index (κ1) is 7.37. The Kier molecular flexibility index (Phi) is 1.58. The Hall–Kier alpha value is -0.740. The van der Waals surface area contributed by atoms with E-state index in [1.54, 1.807) is 6.20 Å². The number of nitrogens with zero attached hydrogens (tertiary/aromatic N) is 1. The van der Waals surface area contributed by atoms with Crippen molar-refractivity contribution in [3.05, 3.63) is 12.1 Å². The van der Waals surface area contributed by atoms with Gasteiger partial charge in [-0.25, -0.2) is 0 Å². The first-order valence-electron chi connectivity index (χ1n) is 3.26. The Morgan fingerprint density at radius 3 is 2.50 bits per heavy atom. The summed E-state index contributed by atoms with van der Waals surface area (Å²) in [6.45, 7) is 4.07. The van der Waals surface area contributed by atoms with Crippen LogP contribution in [0.3, 0.4) is 0 Å². The van der Waals surface area contributed by atoms with Crippen molar-refractivity contribution in [2.45, 2.75) is 19.9 Å². The molecule has 0 bridgehead atoms. The number of aliphatic hydroxyl groups is 1. The lowest BCUT2D eigenvalue weighted by molar-refractivity contribution is -0.940. The van der Waals surface area contributed by atoms with Gasteiger partial charge in [-0.1, -0.05) is 0 Å². The van der Waals surface area contributed by atoms with Crippen LogP contribution in [-0.2, 0) is 4.84 Å². The molecule has 2 N–H and O–H groups in total. The minimum Gasteiger partial charge on any atom is -0.476 e. The topological polar surface area (TPSA) is 41.5 Å². The third-order valence-electron chi connectivity index (χ3n) is 1.80. The molecule has 0 saturated heterocycles. The summed E-state index contributed by atoms with van der Waals surface area (Å²) in [6.07, 6.45) is 1.62. The minimum atomic E-state index is -0.0591.